The van der Waals surface area contributed by atoms with Crippen molar-refractivity contribution in [1.29, 1.82) is 0 Å². The van der Waals surface area contributed by atoms with Crippen molar-refractivity contribution in [2.75, 3.05) is 11.5 Å². The third kappa shape index (κ3) is 3.45. The van der Waals surface area contributed by atoms with Crippen molar-refractivity contribution in [3.63, 3.8) is 0 Å². The van der Waals surface area contributed by atoms with Crippen LogP contribution in [-0.4, -0.2) is 23.5 Å². The standard InChI is InChI=1S/C12H13BrFNOS/c13-8-1-2-10(11(14)7-8)12(16)15-9-3-5-17-6-4-9/h1-2,7,9H,3-6H2,(H,15,16). The number of nitrogens with one attached hydrogen (secondary N) is 1. The highest BCUT2D eigenvalue weighted by Gasteiger charge is 2.18. The maximum atomic E-state index is 13.6. The maximum absolute atomic E-state index is 13.6. The van der Waals surface area contributed by atoms with Gasteiger partial charge in [0.05, 0.1) is 5.56 Å². The summed E-state index contributed by atoms with van der Waals surface area (Å²) in [6, 6.07) is 4.68. The van der Waals surface area contributed by atoms with E-state index in [1.165, 1.54) is 12.1 Å². The summed E-state index contributed by atoms with van der Waals surface area (Å²) in [5, 5.41) is 2.89. The van der Waals surface area contributed by atoms with Crippen LogP contribution in [0.1, 0.15) is 23.2 Å². The van der Waals surface area contributed by atoms with Crippen LogP contribution in [0.5, 0.6) is 0 Å². The molecule has 1 aliphatic rings. The highest BCUT2D eigenvalue weighted by atomic mass is 79.9. The quantitative estimate of drug-likeness (QED) is 0.907. The van der Waals surface area contributed by atoms with Gasteiger partial charge in [-0.05, 0) is 42.5 Å². The predicted octanol–water partition coefficient (Wildman–Crippen LogP) is 3.21. The van der Waals surface area contributed by atoms with Crippen molar-refractivity contribution in [2.24, 2.45) is 0 Å². The summed E-state index contributed by atoms with van der Waals surface area (Å²) in [7, 11) is 0. The Morgan fingerprint density at radius 1 is 1.41 bits per heavy atom. The highest BCUT2D eigenvalue weighted by Crippen LogP contribution is 2.19. The van der Waals surface area contributed by atoms with E-state index in [-0.39, 0.29) is 17.5 Å². The molecular weight excluding hydrogens is 305 g/mol. The average Bonchev–Trinajstić information content (AvgIpc) is 2.30. The lowest BCUT2D eigenvalue weighted by molar-refractivity contribution is 0.0931. The Bertz CT molecular complexity index is 421. The number of carbonyl (C=O) groups excluding carboxylic acids is 1. The van der Waals surface area contributed by atoms with Gasteiger partial charge in [-0.25, -0.2) is 4.39 Å². The summed E-state index contributed by atoms with van der Waals surface area (Å²) in [5.41, 5.74) is 0.117. The average molecular weight is 318 g/mol. The Morgan fingerprint density at radius 3 is 2.76 bits per heavy atom. The molecule has 0 aliphatic carbocycles. The van der Waals surface area contributed by atoms with Gasteiger partial charge < -0.3 is 5.32 Å². The molecule has 1 N–H and O–H groups in total. The van der Waals surface area contributed by atoms with Crippen LogP contribution in [-0.2, 0) is 0 Å². The third-order valence-corrected chi connectivity index (χ3v) is 4.27. The van der Waals surface area contributed by atoms with Gasteiger partial charge in [0.2, 0.25) is 0 Å². The summed E-state index contributed by atoms with van der Waals surface area (Å²) in [6.45, 7) is 0. The highest BCUT2D eigenvalue weighted by molar-refractivity contribution is 9.10. The van der Waals surface area contributed by atoms with E-state index in [9.17, 15) is 9.18 Å². The van der Waals surface area contributed by atoms with Gasteiger partial charge in [-0.1, -0.05) is 15.9 Å². The van der Waals surface area contributed by atoms with Gasteiger partial charge in [-0.15, -0.1) is 0 Å². The SMILES string of the molecule is O=C(NC1CCSCC1)c1ccc(Br)cc1F. The van der Waals surface area contributed by atoms with E-state index >= 15 is 0 Å². The Balaban J connectivity index is 2.03. The Kier molecular flexibility index (Phi) is 4.45. The molecule has 17 heavy (non-hydrogen) atoms. The zero-order valence-corrected chi connectivity index (χ0v) is 11.6. The van der Waals surface area contributed by atoms with E-state index in [4.69, 9.17) is 0 Å². The van der Waals surface area contributed by atoms with Crippen molar-refractivity contribution >= 4 is 33.6 Å². The van der Waals surface area contributed by atoms with E-state index in [0.717, 1.165) is 24.3 Å². The largest absolute Gasteiger partial charge is 0.349 e. The second kappa shape index (κ2) is 5.87. The van der Waals surface area contributed by atoms with Gasteiger partial charge in [0.15, 0.2) is 0 Å². The molecule has 1 aromatic rings. The molecule has 92 valence electrons. The molecule has 1 aliphatic heterocycles. The number of hydrogen-bond donors (Lipinski definition) is 1. The lowest BCUT2D eigenvalue weighted by Crippen LogP contribution is -2.37. The van der Waals surface area contributed by atoms with Gasteiger partial charge in [0, 0.05) is 10.5 Å². The van der Waals surface area contributed by atoms with E-state index in [1.807, 2.05) is 11.8 Å². The predicted molar refractivity (Wildman–Crippen MR) is 71.9 cm³/mol. The Hall–Kier alpha value is -0.550. The van der Waals surface area contributed by atoms with Crippen LogP contribution in [0.4, 0.5) is 4.39 Å². The fourth-order valence-corrected chi connectivity index (χ4v) is 3.22. The molecule has 2 nitrogen and oxygen atoms in total. The van der Waals surface area contributed by atoms with Gasteiger partial charge >= 0.3 is 0 Å². The third-order valence-electron chi connectivity index (χ3n) is 2.73. The minimum atomic E-state index is -0.484. The first-order valence-corrected chi connectivity index (χ1v) is 7.45. The van der Waals surface area contributed by atoms with Gasteiger partial charge in [0.25, 0.3) is 5.91 Å². The maximum Gasteiger partial charge on any atom is 0.254 e. The number of thioether (sulfide) groups is 1. The topological polar surface area (TPSA) is 29.1 Å². The molecule has 0 aromatic heterocycles. The first-order valence-electron chi connectivity index (χ1n) is 5.50. The van der Waals surface area contributed by atoms with Crippen molar-refractivity contribution < 1.29 is 9.18 Å². The van der Waals surface area contributed by atoms with Gasteiger partial charge in [0.1, 0.15) is 5.82 Å². The first-order chi connectivity index (χ1) is 8.16. The summed E-state index contributed by atoms with van der Waals surface area (Å²) < 4.78 is 14.2. The van der Waals surface area contributed by atoms with Crippen LogP contribution in [0.3, 0.4) is 0 Å². The lowest BCUT2D eigenvalue weighted by Gasteiger charge is -2.22. The molecule has 0 bridgehead atoms. The molecule has 0 atom stereocenters. The van der Waals surface area contributed by atoms with Crippen LogP contribution >= 0.6 is 27.7 Å². The number of benzene rings is 1. The van der Waals surface area contributed by atoms with Crippen molar-refractivity contribution in [3.8, 4) is 0 Å². The molecule has 0 radical (unpaired) electrons. The molecule has 0 unspecified atom stereocenters. The van der Waals surface area contributed by atoms with Crippen LogP contribution in [0.15, 0.2) is 22.7 Å². The Morgan fingerprint density at radius 2 is 2.12 bits per heavy atom. The lowest BCUT2D eigenvalue weighted by atomic mass is 10.1. The number of halogens is 2. The van der Waals surface area contributed by atoms with E-state index in [2.05, 4.69) is 21.2 Å². The minimum absolute atomic E-state index is 0.117. The fraction of sp³-hybridized carbons (Fsp3) is 0.417. The van der Waals surface area contributed by atoms with E-state index < -0.39 is 5.82 Å². The molecule has 5 heteroatoms. The van der Waals surface area contributed by atoms with Crippen molar-refractivity contribution in [3.05, 3.63) is 34.1 Å². The Labute approximate surface area is 112 Å². The molecule has 1 saturated heterocycles. The van der Waals surface area contributed by atoms with Crippen LogP contribution in [0.25, 0.3) is 0 Å². The normalized spacial score (nSPS) is 16.8. The van der Waals surface area contributed by atoms with E-state index in [1.54, 1.807) is 6.07 Å². The smallest absolute Gasteiger partial charge is 0.254 e. The second-order valence-corrected chi connectivity index (χ2v) is 6.12. The van der Waals surface area contributed by atoms with Crippen LogP contribution in [0.2, 0.25) is 0 Å². The molecule has 1 amide bonds. The van der Waals surface area contributed by atoms with E-state index in [0.29, 0.717) is 4.47 Å². The zero-order valence-electron chi connectivity index (χ0n) is 9.21. The summed E-state index contributed by atoms with van der Waals surface area (Å²) in [6.07, 6.45) is 1.93. The number of hydrogen-bond acceptors (Lipinski definition) is 2. The molecule has 0 spiro atoms. The molecule has 0 saturated carbocycles. The molecule has 1 fully saturated rings. The summed E-state index contributed by atoms with van der Waals surface area (Å²) >= 11 is 5.06. The van der Waals surface area contributed by atoms with Crippen molar-refractivity contribution in [1.82, 2.24) is 5.32 Å². The van der Waals surface area contributed by atoms with Gasteiger partial charge in [-0.3, -0.25) is 4.79 Å². The number of rotatable bonds is 2. The van der Waals surface area contributed by atoms with Crippen molar-refractivity contribution in [2.45, 2.75) is 18.9 Å². The molecule has 2 rings (SSSR count). The summed E-state index contributed by atoms with van der Waals surface area (Å²) in [4.78, 5) is 11.9. The van der Waals surface area contributed by atoms with Crippen LogP contribution in [0, 0.1) is 5.82 Å². The molecule has 1 aromatic carbocycles. The van der Waals surface area contributed by atoms with Gasteiger partial charge in [-0.2, -0.15) is 11.8 Å². The minimum Gasteiger partial charge on any atom is -0.349 e. The molecule has 1 heterocycles. The second-order valence-electron chi connectivity index (χ2n) is 3.98. The number of amides is 1. The monoisotopic (exact) mass is 317 g/mol. The molecular formula is C12H13BrFNOS. The summed E-state index contributed by atoms with van der Waals surface area (Å²) in [5.74, 6) is 1.33. The number of carbonyl (C=O) groups is 1. The van der Waals surface area contributed by atoms with Crippen LogP contribution < -0.4 is 5.32 Å². The first kappa shape index (κ1) is 12.9. The zero-order chi connectivity index (χ0) is 12.3. The fourth-order valence-electron chi connectivity index (χ4n) is 1.78.